The summed E-state index contributed by atoms with van der Waals surface area (Å²) in [5, 5.41) is 10.5. The van der Waals surface area contributed by atoms with Crippen LogP contribution in [0, 0.1) is 0 Å². The van der Waals surface area contributed by atoms with Crippen LogP contribution in [0.2, 0.25) is 10.0 Å². The van der Waals surface area contributed by atoms with Crippen molar-refractivity contribution >= 4 is 46.4 Å². The molecule has 0 spiro atoms. The monoisotopic (exact) mass is 605 g/mol. The van der Waals surface area contributed by atoms with Crippen molar-refractivity contribution in [3.8, 4) is 5.75 Å². The number of ether oxygens (including phenoxy) is 2. The zero-order chi connectivity index (χ0) is 28.8. The standard InChI is InChI=1S/C31H29Cl2N5O4/c32-20-14-23(33)28(34-15-20)26-7-4-19-2-1-3-22(29(19)42-26)18-8-11-37(12-9-18)17-27-35-24-5-6-25(31(39)40)36-30(24)38(27)16-21-10-13-41-21/h1-7,14-15,18,21,26H,8-13,16-17H2,(H,39,40)/t21-,26+/m0/s1. The maximum absolute atomic E-state index is 11.6. The quantitative estimate of drug-likeness (QED) is 0.268. The molecule has 2 atom stereocenters. The second kappa shape index (κ2) is 11.3. The lowest BCUT2D eigenvalue weighted by Crippen LogP contribution is -2.35. The Morgan fingerprint density at radius 3 is 2.67 bits per heavy atom. The zero-order valence-electron chi connectivity index (χ0n) is 22.7. The van der Waals surface area contributed by atoms with Gasteiger partial charge in [0.25, 0.3) is 0 Å². The van der Waals surface area contributed by atoms with E-state index in [0.29, 0.717) is 45.9 Å². The number of carboxylic acid groups (broad SMARTS) is 1. The summed E-state index contributed by atoms with van der Waals surface area (Å²) in [5.74, 6) is 1.07. The van der Waals surface area contributed by atoms with Gasteiger partial charge in [-0.3, -0.25) is 9.88 Å². The van der Waals surface area contributed by atoms with Crippen LogP contribution < -0.4 is 4.74 Å². The predicted molar refractivity (Wildman–Crippen MR) is 159 cm³/mol. The third kappa shape index (κ3) is 5.26. The van der Waals surface area contributed by atoms with Crippen LogP contribution in [0.25, 0.3) is 17.2 Å². The van der Waals surface area contributed by atoms with Crippen LogP contribution in [0.3, 0.4) is 0 Å². The van der Waals surface area contributed by atoms with E-state index in [1.807, 2.05) is 10.6 Å². The smallest absolute Gasteiger partial charge is 0.354 e. The number of aromatic carboxylic acids is 1. The van der Waals surface area contributed by atoms with Crippen LogP contribution in [0.5, 0.6) is 5.75 Å². The summed E-state index contributed by atoms with van der Waals surface area (Å²) < 4.78 is 14.2. The number of imidazole rings is 1. The van der Waals surface area contributed by atoms with Crippen molar-refractivity contribution in [3.63, 3.8) is 0 Å². The second-order valence-corrected chi connectivity index (χ2v) is 11.8. The number of halogens is 2. The van der Waals surface area contributed by atoms with Crippen LogP contribution in [0.15, 0.2) is 48.7 Å². The molecule has 1 aromatic carbocycles. The molecule has 2 fully saturated rings. The van der Waals surface area contributed by atoms with Gasteiger partial charge in [0, 0.05) is 18.4 Å². The van der Waals surface area contributed by atoms with Crippen molar-refractivity contribution in [1.29, 1.82) is 0 Å². The number of para-hydroxylation sites is 1. The highest BCUT2D eigenvalue weighted by atomic mass is 35.5. The van der Waals surface area contributed by atoms with Crippen LogP contribution in [0.4, 0.5) is 0 Å². The van der Waals surface area contributed by atoms with E-state index in [-0.39, 0.29) is 17.9 Å². The molecule has 3 aromatic heterocycles. The molecule has 42 heavy (non-hydrogen) atoms. The van der Waals surface area contributed by atoms with E-state index in [0.717, 1.165) is 56.1 Å². The van der Waals surface area contributed by atoms with Gasteiger partial charge in [-0.15, -0.1) is 0 Å². The average Bonchev–Trinajstić information content (AvgIpc) is 3.30. The molecule has 11 heteroatoms. The maximum Gasteiger partial charge on any atom is 0.354 e. The highest BCUT2D eigenvalue weighted by Gasteiger charge is 2.29. The first kappa shape index (κ1) is 27.3. The molecule has 4 aromatic rings. The molecule has 0 unspecified atom stereocenters. The third-order valence-electron chi connectivity index (χ3n) is 8.34. The normalized spacial score (nSPS) is 20.7. The maximum atomic E-state index is 11.6. The minimum absolute atomic E-state index is 0.0187. The molecule has 7 rings (SSSR count). The third-order valence-corrected chi connectivity index (χ3v) is 8.85. The SMILES string of the molecule is O=C(O)c1ccc2nc(CN3CCC(c4cccc5c4O[C@@H](c4ncc(Cl)cc4Cl)C=C5)CC3)n(C[C@@H]3CCO3)c2n1. The molecule has 0 amide bonds. The molecular weight excluding hydrogens is 577 g/mol. The Morgan fingerprint density at radius 2 is 1.93 bits per heavy atom. The molecule has 6 heterocycles. The van der Waals surface area contributed by atoms with Crippen molar-refractivity contribution in [2.75, 3.05) is 19.7 Å². The summed E-state index contributed by atoms with van der Waals surface area (Å²) in [4.78, 5) is 27.7. The van der Waals surface area contributed by atoms with Gasteiger partial charge in [0.05, 0.1) is 29.2 Å². The number of benzene rings is 1. The second-order valence-electron chi connectivity index (χ2n) is 11.0. The molecule has 0 bridgehead atoms. The Kier molecular flexibility index (Phi) is 7.35. The fourth-order valence-corrected chi connectivity index (χ4v) is 6.50. The van der Waals surface area contributed by atoms with Gasteiger partial charge in [0.15, 0.2) is 17.4 Å². The summed E-state index contributed by atoms with van der Waals surface area (Å²) in [6, 6.07) is 11.3. The first-order chi connectivity index (χ1) is 20.4. The van der Waals surface area contributed by atoms with Crippen LogP contribution in [0.1, 0.15) is 64.4 Å². The largest absolute Gasteiger partial charge is 0.479 e. The molecule has 2 saturated heterocycles. The van der Waals surface area contributed by atoms with Gasteiger partial charge in [0.1, 0.15) is 22.8 Å². The van der Waals surface area contributed by atoms with Gasteiger partial charge in [-0.05, 0) is 68.1 Å². The Morgan fingerprint density at radius 1 is 1.10 bits per heavy atom. The van der Waals surface area contributed by atoms with E-state index in [1.165, 1.54) is 11.6 Å². The topological polar surface area (TPSA) is 103 Å². The van der Waals surface area contributed by atoms with Crippen molar-refractivity contribution in [3.05, 3.63) is 87.1 Å². The molecule has 0 aliphatic carbocycles. The van der Waals surface area contributed by atoms with E-state index in [4.69, 9.17) is 37.7 Å². The van der Waals surface area contributed by atoms with Gasteiger partial charge in [-0.1, -0.05) is 47.5 Å². The number of nitrogens with zero attached hydrogens (tertiary/aromatic N) is 5. The van der Waals surface area contributed by atoms with Crippen LogP contribution >= 0.6 is 23.2 Å². The Hall–Kier alpha value is -3.50. The van der Waals surface area contributed by atoms with E-state index in [1.54, 1.807) is 18.3 Å². The molecule has 0 saturated carbocycles. The van der Waals surface area contributed by atoms with Gasteiger partial charge in [0.2, 0.25) is 0 Å². The highest BCUT2D eigenvalue weighted by Crippen LogP contribution is 2.42. The predicted octanol–water partition coefficient (Wildman–Crippen LogP) is 6.15. The number of hydrogen-bond acceptors (Lipinski definition) is 7. The van der Waals surface area contributed by atoms with E-state index in [9.17, 15) is 9.90 Å². The van der Waals surface area contributed by atoms with Crippen molar-refractivity contribution in [2.24, 2.45) is 0 Å². The summed E-state index contributed by atoms with van der Waals surface area (Å²) in [6.45, 7) is 3.82. The number of aromatic nitrogens is 4. The van der Waals surface area contributed by atoms with Crippen molar-refractivity contribution in [1.82, 2.24) is 24.4 Å². The number of carbonyl (C=O) groups is 1. The molecule has 3 aliphatic heterocycles. The first-order valence-corrected chi connectivity index (χ1v) is 14.9. The molecule has 9 nitrogen and oxygen atoms in total. The Labute approximate surface area is 252 Å². The molecule has 3 aliphatic rings. The van der Waals surface area contributed by atoms with Gasteiger partial charge < -0.3 is 19.1 Å². The molecule has 0 radical (unpaired) electrons. The lowest BCUT2D eigenvalue weighted by Gasteiger charge is -2.34. The number of likely N-dealkylation sites (tertiary alicyclic amines) is 1. The number of piperidine rings is 1. The lowest BCUT2D eigenvalue weighted by atomic mass is 9.87. The summed E-state index contributed by atoms with van der Waals surface area (Å²) in [5.41, 5.74) is 4.22. The fourth-order valence-electron chi connectivity index (χ4n) is 6.02. The van der Waals surface area contributed by atoms with Gasteiger partial charge in [-0.25, -0.2) is 14.8 Å². The number of rotatable bonds is 7. The van der Waals surface area contributed by atoms with Crippen molar-refractivity contribution in [2.45, 2.75) is 50.5 Å². The minimum Gasteiger partial charge on any atom is -0.479 e. The Bertz CT molecular complexity index is 1690. The van der Waals surface area contributed by atoms with E-state index in [2.05, 4.69) is 39.1 Å². The van der Waals surface area contributed by atoms with Gasteiger partial charge >= 0.3 is 5.97 Å². The molecule has 216 valence electrons. The number of carboxylic acids is 1. The van der Waals surface area contributed by atoms with Crippen LogP contribution in [-0.4, -0.2) is 61.3 Å². The Balaban J connectivity index is 1.08. The number of pyridine rings is 2. The van der Waals surface area contributed by atoms with Crippen molar-refractivity contribution < 1.29 is 19.4 Å². The van der Waals surface area contributed by atoms with Gasteiger partial charge in [-0.2, -0.15) is 0 Å². The minimum atomic E-state index is -1.05. The number of hydrogen-bond donors (Lipinski definition) is 1. The lowest BCUT2D eigenvalue weighted by molar-refractivity contribution is -0.0593. The summed E-state index contributed by atoms with van der Waals surface area (Å²) in [6.07, 6.45) is 8.28. The first-order valence-electron chi connectivity index (χ1n) is 14.1. The summed E-state index contributed by atoms with van der Waals surface area (Å²) in [7, 11) is 0. The van der Waals surface area contributed by atoms with E-state index >= 15 is 0 Å². The zero-order valence-corrected chi connectivity index (χ0v) is 24.3. The number of fused-ring (bicyclic) bond motifs is 2. The average molecular weight is 607 g/mol. The molecule has 1 N–H and O–H groups in total. The molecular formula is C31H29Cl2N5O4. The van der Waals surface area contributed by atoms with Crippen LogP contribution in [-0.2, 0) is 17.8 Å². The summed E-state index contributed by atoms with van der Waals surface area (Å²) >= 11 is 12.5. The van der Waals surface area contributed by atoms with E-state index < -0.39 is 5.97 Å². The highest BCUT2D eigenvalue weighted by molar-refractivity contribution is 6.34. The fraction of sp³-hybridized carbons (Fsp3) is 0.355.